The van der Waals surface area contributed by atoms with Crippen molar-refractivity contribution in [1.82, 2.24) is 4.90 Å². The van der Waals surface area contributed by atoms with E-state index in [1.165, 1.54) is 4.90 Å². The van der Waals surface area contributed by atoms with Crippen molar-refractivity contribution in [3.05, 3.63) is 30.3 Å². The van der Waals surface area contributed by atoms with E-state index in [9.17, 15) is 21.6 Å². The number of benzene rings is 1. The summed E-state index contributed by atoms with van der Waals surface area (Å²) in [6.07, 6.45) is 0. The van der Waals surface area contributed by atoms with E-state index in [4.69, 9.17) is 4.74 Å². The third-order valence-electron chi connectivity index (χ3n) is 2.84. The lowest BCUT2D eigenvalue weighted by Crippen LogP contribution is -2.45. The van der Waals surface area contributed by atoms with Crippen molar-refractivity contribution >= 4 is 21.7 Å². The molecule has 1 aliphatic heterocycles. The molecule has 0 bridgehead atoms. The van der Waals surface area contributed by atoms with E-state index in [0.29, 0.717) is 5.69 Å². The maximum Gasteiger partial charge on any atom is 0.518 e. The zero-order valence-corrected chi connectivity index (χ0v) is 12.2. The van der Waals surface area contributed by atoms with Gasteiger partial charge in [-0.1, -0.05) is 18.2 Å². The van der Waals surface area contributed by atoms with Crippen LogP contribution in [0, 0.1) is 0 Å². The van der Waals surface area contributed by atoms with Gasteiger partial charge in [0.25, 0.3) is 0 Å². The van der Waals surface area contributed by atoms with Crippen molar-refractivity contribution < 1.29 is 26.3 Å². The minimum Gasteiger partial charge on any atom is -0.378 e. The highest BCUT2D eigenvalue weighted by molar-refractivity contribution is 7.91. The maximum atomic E-state index is 12.5. The second-order valence-corrected chi connectivity index (χ2v) is 6.02. The van der Waals surface area contributed by atoms with Crippen LogP contribution in [0.3, 0.4) is 0 Å². The summed E-state index contributed by atoms with van der Waals surface area (Å²) in [4.78, 5) is 1.40. The van der Waals surface area contributed by atoms with Gasteiger partial charge in [-0.05, 0) is 12.1 Å². The van der Waals surface area contributed by atoms with Crippen LogP contribution in [-0.2, 0) is 14.8 Å². The number of hydrogen-bond acceptors (Lipinski definition) is 3. The van der Waals surface area contributed by atoms with Crippen LogP contribution in [-0.4, -0.2) is 51.1 Å². The Bertz CT molecular complexity index is 626. The van der Waals surface area contributed by atoms with Crippen molar-refractivity contribution in [2.24, 2.45) is 4.40 Å². The number of para-hydroxylation sites is 1. The summed E-state index contributed by atoms with van der Waals surface area (Å²) >= 11 is 0. The molecule has 0 radical (unpaired) electrons. The highest BCUT2D eigenvalue weighted by Crippen LogP contribution is 2.25. The number of guanidine groups is 1. The summed E-state index contributed by atoms with van der Waals surface area (Å²) < 4.78 is 68.2. The highest BCUT2D eigenvalue weighted by atomic mass is 32.2. The van der Waals surface area contributed by atoms with Crippen molar-refractivity contribution in [2.45, 2.75) is 5.51 Å². The summed E-state index contributed by atoms with van der Waals surface area (Å²) in [6.45, 7) is 1.04. The Morgan fingerprint density at radius 3 is 2.32 bits per heavy atom. The molecule has 10 heteroatoms. The van der Waals surface area contributed by atoms with Crippen LogP contribution in [0.2, 0.25) is 0 Å². The van der Waals surface area contributed by atoms with Crippen LogP contribution in [0.4, 0.5) is 18.9 Å². The molecule has 0 atom stereocenters. The lowest BCUT2D eigenvalue weighted by molar-refractivity contribution is -0.0435. The van der Waals surface area contributed by atoms with Crippen LogP contribution in [0.15, 0.2) is 34.7 Å². The molecule has 2 rings (SSSR count). The van der Waals surface area contributed by atoms with Crippen LogP contribution >= 0.6 is 0 Å². The molecule has 1 saturated heterocycles. The van der Waals surface area contributed by atoms with Gasteiger partial charge in [-0.3, -0.25) is 0 Å². The molecule has 1 heterocycles. The molecule has 22 heavy (non-hydrogen) atoms. The number of alkyl halides is 3. The second-order valence-electron chi connectivity index (χ2n) is 4.43. The van der Waals surface area contributed by atoms with Crippen LogP contribution in [0.25, 0.3) is 0 Å². The van der Waals surface area contributed by atoms with E-state index in [1.54, 1.807) is 30.3 Å². The minimum atomic E-state index is -5.62. The maximum absolute atomic E-state index is 12.5. The molecule has 0 unspecified atom stereocenters. The molecular weight excluding hydrogens is 323 g/mol. The fourth-order valence-corrected chi connectivity index (χ4v) is 2.24. The molecule has 6 nitrogen and oxygen atoms in total. The lowest BCUT2D eigenvalue weighted by Gasteiger charge is -2.30. The number of rotatable bonds is 2. The number of nitrogens with one attached hydrogen (secondary N) is 1. The first-order valence-corrected chi connectivity index (χ1v) is 7.79. The minimum absolute atomic E-state index is 0.242. The fourth-order valence-electron chi connectivity index (χ4n) is 1.75. The zero-order valence-electron chi connectivity index (χ0n) is 11.4. The highest BCUT2D eigenvalue weighted by Gasteiger charge is 2.46. The molecule has 0 aliphatic carbocycles. The van der Waals surface area contributed by atoms with Gasteiger partial charge in [0, 0.05) is 18.8 Å². The average Bonchev–Trinajstić information content (AvgIpc) is 2.47. The van der Waals surface area contributed by atoms with Crippen LogP contribution in [0.5, 0.6) is 0 Å². The molecule has 0 saturated carbocycles. The second kappa shape index (κ2) is 6.53. The lowest BCUT2D eigenvalue weighted by atomic mass is 10.3. The Labute approximate surface area is 125 Å². The summed E-state index contributed by atoms with van der Waals surface area (Å²) in [5, 5.41) is 2.62. The van der Waals surface area contributed by atoms with Crippen molar-refractivity contribution in [3.63, 3.8) is 0 Å². The predicted molar refractivity (Wildman–Crippen MR) is 74.9 cm³/mol. The van der Waals surface area contributed by atoms with Gasteiger partial charge in [-0.2, -0.15) is 21.6 Å². The van der Waals surface area contributed by atoms with E-state index in [0.717, 1.165) is 0 Å². The Morgan fingerprint density at radius 1 is 1.18 bits per heavy atom. The third kappa shape index (κ3) is 4.10. The molecule has 0 aromatic heterocycles. The molecule has 1 aromatic rings. The van der Waals surface area contributed by atoms with E-state index in [-0.39, 0.29) is 32.3 Å². The SMILES string of the molecule is O=S(=O)(/N=C(\Nc1ccccc1)N1CCOCC1)C(F)(F)F. The summed E-state index contributed by atoms with van der Waals surface area (Å²) in [7, 11) is -5.62. The molecule has 1 aromatic carbocycles. The van der Waals surface area contributed by atoms with Gasteiger partial charge < -0.3 is 15.0 Å². The average molecular weight is 337 g/mol. The standard InChI is InChI=1S/C12H14F3N3O3S/c13-12(14,15)22(19,20)17-11(18-6-8-21-9-7-18)16-10-4-2-1-3-5-10/h1-5H,6-9H2,(H,16,17). The largest absolute Gasteiger partial charge is 0.518 e. The van der Waals surface area contributed by atoms with E-state index < -0.39 is 15.5 Å². The molecule has 1 aliphatic rings. The van der Waals surface area contributed by atoms with Gasteiger partial charge in [-0.25, -0.2) is 0 Å². The first kappa shape index (κ1) is 16.6. The van der Waals surface area contributed by atoms with E-state index in [1.807, 2.05) is 0 Å². The van der Waals surface area contributed by atoms with Crippen LogP contribution < -0.4 is 5.32 Å². The topological polar surface area (TPSA) is 71.0 Å². The fraction of sp³-hybridized carbons (Fsp3) is 0.417. The number of sulfonamides is 1. The van der Waals surface area contributed by atoms with E-state index in [2.05, 4.69) is 9.71 Å². The van der Waals surface area contributed by atoms with Gasteiger partial charge in [0.05, 0.1) is 13.2 Å². The molecule has 0 amide bonds. The molecular formula is C12H14F3N3O3S. The Balaban J connectivity index is 2.33. The third-order valence-corrected chi connectivity index (χ3v) is 3.84. The van der Waals surface area contributed by atoms with Crippen molar-refractivity contribution in [1.29, 1.82) is 0 Å². The number of halogens is 3. The first-order valence-electron chi connectivity index (χ1n) is 6.35. The monoisotopic (exact) mass is 337 g/mol. The first-order chi connectivity index (χ1) is 10.3. The van der Waals surface area contributed by atoms with E-state index >= 15 is 0 Å². The Morgan fingerprint density at radius 2 is 1.77 bits per heavy atom. The van der Waals surface area contributed by atoms with Gasteiger partial charge in [0.15, 0.2) is 0 Å². The van der Waals surface area contributed by atoms with Gasteiger partial charge >= 0.3 is 15.5 Å². The molecule has 0 spiro atoms. The smallest absolute Gasteiger partial charge is 0.378 e. The Kier molecular flexibility index (Phi) is 4.91. The van der Waals surface area contributed by atoms with Crippen LogP contribution in [0.1, 0.15) is 0 Å². The number of morpholine rings is 1. The number of anilines is 1. The molecule has 1 fully saturated rings. The number of hydrogen-bond donors (Lipinski definition) is 1. The summed E-state index contributed by atoms with van der Waals surface area (Å²) in [5.74, 6) is -0.369. The molecule has 1 N–H and O–H groups in total. The van der Waals surface area contributed by atoms with Gasteiger partial charge in [-0.15, -0.1) is 4.40 Å². The van der Waals surface area contributed by atoms with Crippen molar-refractivity contribution in [3.8, 4) is 0 Å². The summed E-state index contributed by atoms with van der Waals surface area (Å²) in [6, 6.07) is 8.24. The predicted octanol–water partition coefficient (Wildman–Crippen LogP) is 1.64. The summed E-state index contributed by atoms with van der Waals surface area (Å²) in [5.41, 5.74) is -5.01. The van der Waals surface area contributed by atoms with Crippen molar-refractivity contribution in [2.75, 3.05) is 31.6 Å². The quantitative estimate of drug-likeness (QED) is 0.656. The Hall–Kier alpha value is -1.81. The number of ether oxygens (including phenoxy) is 1. The zero-order chi connectivity index (χ0) is 16.2. The normalized spacial score (nSPS) is 17.4. The van der Waals surface area contributed by atoms with Gasteiger partial charge in [0.1, 0.15) is 0 Å². The number of nitrogens with zero attached hydrogens (tertiary/aromatic N) is 2. The van der Waals surface area contributed by atoms with Gasteiger partial charge in [0.2, 0.25) is 5.96 Å². The molecule has 122 valence electrons.